The molecule has 10 aromatic rings. The monoisotopic (exact) mass is 683 g/mol. The van der Waals surface area contributed by atoms with E-state index in [1.807, 2.05) is 6.07 Å². The van der Waals surface area contributed by atoms with Gasteiger partial charge in [0.05, 0.1) is 5.69 Å². The van der Waals surface area contributed by atoms with Crippen molar-refractivity contribution in [3.63, 3.8) is 0 Å². The zero-order valence-corrected chi connectivity index (χ0v) is 29.9. The third kappa shape index (κ3) is 4.19. The molecule has 0 spiro atoms. The standard InChI is InChI=1S/C48H33NO2Si/c1-52(2)44-26-25-39-37-16-6-8-20-43(37)51-48(39)46(44)40-24-23-35(29-45(40)52)49(41-18-10-17-38-36-15-5-7-19-42(36)50-47(38)41)34-14-9-13-32(28-34)33-22-21-30-11-3-4-12-31(30)27-33/h3-29H,1-2H3. The molecule has 52 heavy (non-hydrogen) atoms. The minimum atomic E-state index is -2.11. The molecule has 0 amide bonds. The average Bonchev–Trinajstić information content (AvgIpc) is 3.83. The lowest BCUT2D eigenvalue weighted by atomic mass is 10.00. The van der Waals surface area contributed by atoms with Crippen LogP contribution in [0.5, 0.6) is 0 Å². The van der Waals surface area contributed by atoms with E-state index in [4.69, 9.17) is 8.83 Å². The molecule has 0 N–H and O–H groups in total. The molecule has 0 saturated heterocycles. The highest BCUT2D eigenvalue weighted by molar-refractivity contribution is 7.04. The normalized spacial score (nSPS) is 13.3. The SMILES string of the molecule is C[Si]1(C)c2cc(N(c3cccc(-c4ccc5ccccc5c4)c3)c3cccc4c3oc3ccccc34)ccc2-c2c1ccc1c2oc2ccccc21. The fraction of sp³-hybridized carbons (Fsp3) is 0.0417. The van der Waals surface area contributed by atoms with E-state index < -0.39 is 8.07 Å². The van der Waals surface area contributed by atoms with Gasteiger partial charge in [0.15, 0.2) is 5.58 Å². The summed E-state index contributed by atoms with van der Waals surface area (Å²) in [5.41, 5.74) is 11.8. The third-order valence-corrected chi connectivity index (χ3v) is 14.8. The van der Waals surface area contributed by atoms with Gasteiger partial charge in [-0.3, -0.25) is 0 Å². The van der Waals surface area contributed by atoms with Gasteiger partial charge in [-0.25, -0.2) is 0 Å². The molecule has 8 aromatic carbocycles. The van der Waals surface area contributed by atoms with E-state index in [1.54, 1.807) is 0 Å². The zero-order chi connectivity index (χ0) is 34.6. The van der Waals surface area contributed by atoms with Crippen LogP contribution in [0, 0.1) is 0 Å². The summed E-state index contributed by atoms with van der Waals surface area (Å²) < 4.78 is 13.3. The second kappa shape index (κ2) is 10.8. The number of rotatable bonds is 4. The molecule has 0 saturated carbocycles. The van der Waals surface area contributed by atoms with Gasteiger partial charge < -0.3 is 13.7 Å². The molecule has 0 bridgehead atoms. The van der Waals surface area contributed by atoms with Gasteiger partial charge in [-0.2, -0.15) is 0 Å². The molecule has 1 aliphatic heterocycles. The molecule has 3 heterocycles. The van der Waals surface area contributed by atoms with Gasteiger partial charge in [-0.1, -0.05) is 128 Å². The van der Waals surface area contributed by atoms with E-state index in [-0.39, 0.29) is 0 Å². The van der Waals surface area contributed by atoms with Crippen LogP contribution in [0.25, 0.3) is 76.9 Å². The largest absolute Gasteiger partial charge is 0.455 e. The molecule has 11 rings (SSSR count). The lowest BCUT2D eigenvalue weighted by molar-refractivity contribution is 0.669. The minimum Gasteiger partial charge on any atom is -0.455 e. The van der Waals surface area contributed by atoms with Crippen molar-refractivity contribution in [3.05, 3.63) is 164 Å². The Labute approximate surface area is 302 Å². The number of benzene rings is 8. The number of hydrogen-bond donors (Lipinski definition) is 0. The first-order valence-corrected chi connectivity index (χ1v) is 20.9. The van der Waals surface area contributed by atoms with E-state index in [2.05, 4.69) is 176 Å². The lowest BCUT2D eigenvalue weighted by Crippen LogP contribution is -2.49. The summed E-state index contributed by atoms with van der Waals surface area (Å²) in [5, 5.41) is 9.90. The molecule has 4 heteroatoms. The van der Waals surface area contributed by atoms with E-state index in [0.717, 1.165) is 50.2 Å². The van der Waals surface area contributed by atoms with Crippen molar-refractivity contribution in [2.45, 2.75) is 13.1 Å². The predicted molar refractivity (Wildman–Crippen MR) is 221 cm³/mol. The lowest BCUT2D eigenvalue weighted by Gasteiger charge is -2.28. The molecule has 0 radical (unpaired) electrons. The molecular weight excluding hydrogens is 651 g/mol. The molecule has 3 nitrogen and oxygen atoms in total. The third-order valence-electron chi connectivity index (χ3n) is 11.2. The van der Waals surface area contributed by atoms with Gasteiger partial charge in [-0.15, -0.1) is 0 Å². The molecule has 1 aliphatic rings. The Morgan fingerprint density at radius 1 is 0.442 bits per heavy atom. The number of hydrogen-bond acceptors (Lipinski definition) is 3. The van der Waals surface area contributed by atoms with Crippen molar-refractivity contribution < 1.29 is 8.83 Å². The van der Waals surface area contributed by atoms with Crippen LogP contribution < -0.4 is 15.3 Å². The number of fused-ring (bicyclic) bond motifs is 11. The van der Waals surface area contributed by atoms with Crippen molar-refractivity contribution >= 4 is 90.2 Å². The van der Waals surface area contributed by atoms with Gasteiger partial charge >= 0.3 is 0 Å². The average molecular weight is 684 g/mol. The molecule has 0 atom stereocenters. The molecule has 2 aromatic heterocycles. The van der Waals surface area contributed by atoms with Crippen LogP contribution in [0.15, 0.2) is 173 Å². The van der Waals surface area contributed by atoms with Crippen molar-refractivity contribution in [1.29, 1.82) is 0 Å². The summed E-state index contributed by atoms with van der Waals surface area (Å²) in [6.07, 6.45) is 0. The second-order valence-electron chi connectivity index (χ2n) is 14.5. The number of para-hydroxylation sites is 3. The van der Waals surface area contributed by atoms with E-state index in [9.17, 15) is 0 Å². The molecule has 0 aliphatic carbocycles. The second-order valence-corrected chi connectivity index (χ2v) is 18.8. The van der Waals surface area contributed by atoms with Crippen molar-refractivity contribution in [2.75, 3.05) is 4.90 Å². The first-order valence-electron chi connectivity index (χ1n) is 17.9. The van der Waals surface area contributed by atoms with Crippen molar-refractivity contribution in [3.8, 4) is 22.3 Å². The van der Waals surface area contributed by atoms with Gasteiger partial charge in [0.25, 0.3) is 0 Å². The Kier molecular flexibility index (Phi) is 6.11. The number of nitrogens with zero attached hydrogens (tertiary/aromatic N) is 1. The van der Waals surface area contributed by atoms with Crippen LogP contribution in [-0.2, 0) is 0 Å². The maximum Gasteiger partial charge on any atom is 0.159 e. The van der Waals surface area contributed by atoms with E-state index in [1.165, 1.54) is 54.2 Å². The van der Waals surface area contributed by atoms with E-state index in [0.29, 0.717) is 0 Å². The van der Waals surface area contributed by atoms with Crippen LogP contribution in [0.2, 0.25) is 13.1 Å². The molecule has 0 fully saturated rings. The van der Waals surface area contributed by atoms with Gasteiger partial charge in [0, 0.05) is 38.5 Å². The topological polar surface area (TPSA) is 29.5 Å². The Balaban J connectivity index is 1.14. The van der Waals surface area contributed by atoms with Crippen LogP contribution in [-0.4, -0.2) is 8.07 Å². The predicted octanol–water partition coefficient (Wildman–Crippen LogP) is 12.6. The summed E-state index contributed by atoms with van der Waals surface area (Å²) in [5.74, 6) is 0. The quantitative estimate of drug-likeness (QED) is 0.173. The summed E-state index contributed by atoms with van der Waals surface area (Å²) in [7, 11) is -2.11. The maximum atomic E-state index is 6.69. The minimum absolute atomic E-state index is 0.879. The molecular formula is C48H33NO2Si. The number of anilines is 3. The molecule has 0 unspecified atom stereocenters. The van der Waals surface area contributed by atoms with Crippen LogP contribution in [0.3, 0.4) is 0 Å². The highest BCUT2D eigenvalue weighted by Gasteiger charge is 2.40. The van der Waals surface area contributed by atoms with E-state index >= 15 is 0 Å². The fourth-order valence-electron chi connectivity index (χ4n) is 8.66. The first kappa shape index (κ1) is 29.4. The van der Waals surface area contributed by atoms with Gasteiger partial charge in [-0.05, 0) is 86.4 Å². The zero-order valence-electron chi connectivity index (χ0n) is 28.9. The van der Waals surface area contributed by atoms with Crippen LogP contribution in [0.1, 0.15) is 0 Å². The summed E-state index contributed by atoms with van der Waals surface area (Å²) in [6.45, 7) is 4.95. The Bertz CT molecular complexity index is 3080. The first-order chi connectivity index (χ1) is 25.5. The summed E-state index contributed by atoms with van der Waals surface area (Å²) >= 11 is 0. The smallest absolute Gasteiger partial charge is 0.159 e. The van der Waals surface area contributed by atoms with Gasteiger partial charge in [0.1, 0.15) is 24.8 Å². The highest BCUT2D eigenvalue weighted by atomic mass is 28.3. The maximum absolute atomic E-state index is 6.69. The number of furan rings is 2. The Morgan fingerprint density at radius 3 is 1.92 bits per heavy atom. The van der Waals surface area contributed by atoms with Crippen molar-refractivity contribution in [2.24, 2.45) is 0 Å². The van der Waals surface area contributed by atoms with Crippen LogP contribution >= 0.6 is 0 Å². The van der Waals surface area contributed by atoms with Gasteiger partial charge in [0.2, 0.25) is 0 Å². The summed E-state index contributed by atoms with van der Waals surface area (Å²) in [6, 6.07) is 59.1. The fourth-order valence-corrected chi connectivity index (χ4v) is 11.7. The molecule has 246 valence electrons. The Hall–Kier alpha value is -6.36. The van der Waals surface area contributed by atoms with Crippen molar-refractivity contribution in [1.82, 2.24) is 0 Å². The Morgan fingerprint density at radius 2 is 1.10 bits per heavy atom. The highest BCUT2D eigenvalue weighted by Crippen LogP contribution is 2.45. The van der Waals surface area contributed by atoms with Crippen LogP contribution in [0.4, 0.5) is 17.1 Å². The summed E-state index contributed by atoms with van der Waals surface area (Å²) in [4.78, 5) is 2.39.